The number of aromatic nitrogens is 5. The molecule has 0 saturated carbocycles. The number of aryl methyl sites for hydroxylation is 1. The third kappa shape index (κ3) is 14.0. The number of nitrogens with two attached hydrogens (primary N) is 1. The topological polar surface area (TPSA) is 124 Å². The second-order valence-corrected chi connectivity index (χ2v) is 9.61. The summed E-state index contributed by atoms with van der Waals surface area (Å²) in [5, 5.41) is 9.62. The van der Waals surface area contributed by atoms with Gasteiger partial charge in [-0.25, -0.2) is 9.97 Å². The Labute approximate surface area is 270 Å². The fourth-order valence-corrected chi connectivity index (χ4v) is 3.73. The standard InChI is InChI=1S/C24H27F3N8O2.C3H8.C2H3F3.C2H6/c1-2-10-34-15-18(20(33-34)24(25,26)27)19-14-31-22-21(29-8-11-35(19)22)32-17-5-3-16(4-6-17)23(36)30-9-13-37-12-7-28;1-3-2;1-2(3,4)5;1-2/h3-6,8,11,14-15H,2,7,9-10,12-13,28H2,1H3,(H,29,32)(H,30,36);3H2,1-2H3;1H3;1-2H3. The van der Waals surface area contributed by atoms with Gasteiger partial charge in [-0.3, -0.25) is 13.9 Å². The summed E-state index contributed by atoms with van der Waals surface area (Å²) in [6.07, 6.45) is -0.943. The van der Waals surface area contributed by atoms with Crippen molar-refractivity contribution in [3.63, 3.8) is 0 Å². The summed E-state index contributed by atoms with van der Waals surface area (Å²) in [4.78, 5) is 20.9. The van der Waals surface area contributed by atoms with Crippen molar-refractivity contribution in [1.82, 2.24) is 29.5 Å². The Balaban J connectivity index is 0.000000978. The molecule has 3 heterocycles. The number of nitrogens with zero attached hydrogens (tertiary/aromatic N) is 5. The fourth-order valence-electron chi connectivity index (χ4n) is 3.73. The van der Waals surface area contributed by atoms with E-state index in [0.29, 0.717) is 62.0 Å². The lowest BCUT2D eigenvalue weighted by atomic mass is 10.2. The van der Waals surface area contributed by atoms with Crippen molar-refractivity contribution >= 4 is 23.1 Å². The third-order valence-corrected chi connectivity index (χ3v) is 5.39. The first-order valence-electron chi connectivity index (χ1n) is 15.2. The molecule has 4 rings (SSSR count). The minimum atomic E-state index is -4.61. The van der Waals surface area contributed by atoms with E-state index < -0.39 is 18.0 Å². The molecule has 0 aliphatic heterocycles. The van der Waals surface area contributed by atoms with Crippen LogP contribution in [-0.2, 0) is 17.5 Å². The average molecular weight is 675 g/mol. The molecule has 16 heteroatoms. The van der Waals surface area contributed by atoms with E-state index in [1.807, 2.05) is 20.8 Å². The minimum absolute atomic E-state index is 0.0607. The van der Waals surface area contributed by atoms with Gasteiger partial charge in [0.25, 0.3) is 5.91 Å². The van der Waals surface area contributed by atoms with Crippen LogP contribution in [0.25, 0.3) is 16.9 Å². The van der Waals surface area contributed by atoms with Gasteiger partial charge in [-0.05, 0) is 30.7 Å². The molecule has 10 nitrogen and oxygen atoms in total. The smallest absolute Gasteiger partial charge is 0.378 e. The highest BCUT2D eigenvalue weighted by Gasteiger charge is 2.38. The Hall–Kier alpha value is -4.18. The second kappa shape index (κ2) is 20.1. The molecule has 262 valence electrons. The Kier molecular flexibility index (Phi) is 17.5. The number of rotatable bonds is 11. The minimum Gasteiger partial charge on any atom is -0.378 e. The summed E-state index contributed by atoms with van der Waals surface area (Å²) >= 11 is 0. The van der Waals surface area contributed by atoms with Crippen LogP contribution in [0.4, 0.5) is 37.8 Å². The van der Waals surface area contributed by atoms with Crippen molar-refractivity contribution in [3.8, 4) is 11.3 Å². The van der Waals surface area contributed by atoms with Crippen LogP contribution in [0.1, 0.15) is 70.4 Å². The van der Waals surface area contributed by atoms with Crippen molar-refractivity contribution < 1.29 is 35.9 Å². The molecule has 47 heavy (non-hydrogen) atoms. The lowest BCUT2D eigenvalue weighted by Gasteiger charge is -2.10. The number of alkyl halides is 6. The number of amides is 1. The molecule has 3 aromatic heterocycles. The number of nitrogens with one attached hydrogen (secondary N) is 2. The summed E-state index contributed by atoms with van der Waals surface area (Å²) < 4.78 is 80.2. The van der Waals surface area contributed by atoms with Crippen LogP contribution in [0.2, 0.25) is 0 Å². The molecule has 0 saturated heterocycles. The van der Waals surface area contributed by atoms with Crippen LogP contribution in [0, 0.1) is 0 Å². The van der Waals surface area contributed by atoms with Gasteiger partial charge in [0.1, 0.15) is 0 Å². The van der Waals surface area contributed by atoms with Gasteiger partial charge >= 0.3 is 12.4 Å². The maximum Gasteiger partial charge on any atom is 0.435 e. The van der Waals surface area contributed by atoms with E-state index in [0.717, 1.165) is 0 Å². The van der Waals surface area contributed by atoms with Crippen molar-refractivity contribution in [2.24, 2.45) is 5.73 Å². The highest BCUT2D eigenvalue weighted by molar-refractivity contribution is 5.94. The number of hydrogen-bond acceptors (Lipinski definition) is 7. The van der Waals surface area contributed by atoms with E-state index in [-0.39, 0.29) is 24.1 Å². The van der Waals surface area contributed by atoms with Crippen LogP contribution in [0.3, 0.4) is 0 Å². The Morgan fingerprint density at radius 3 is 2.17 bits per heavy atom. The van der Waals surface area contributed by atoms with Gasteiger partial charge in [-0.2, -0.15) is 31.4 Å². The predicted molar refractivity (Wildman–Crippen MR) is 170 cm³/mol. The number of carbonyl (C=O) groups is 1. The molecule has 0 fully saturated rings. The van der Waals surface area contributed by atoms with Gasteiger partial charge in [0, 0.05) is 56.4 Å². The molecule has 0 atom stereocenters. The van der Waals surface area contributed by atoms with Gasteiger partial charge in [-0.1, -0.05) is 41.0 Å². The number of anilines is 2. The quantitative estimate of drug-likeness (QED) is 0.111. The molecule has 4 aromatic rings. The summed E-state index contributed by atoms with van der Waals surface area (Å²) in [5.74, 6) is 0.0997. The molecule has 0 bridgehead atoms. The van der Waals surface area contributed by atoms with E-state index in [9.17, 15) is 31.1 Å². The van der Waals surface area contributed by atoms with Crippen molar-refractivity contribution in [2.45, 2.75) is 73.3 Å². The number of carbonyl (C=O) groups excluding carboxylic acids is 1. The molecule has 0 unspecified atom stereocenters. The van der Waals surface area contributed by atoms with E-state index >= 15 is 0 Å². The van der Waals surface area contributed by atoms with E-state index in [2.05, 4.69) is 39.5 Å². The molecule has 0 spiro atoms. The molecule has 0 radical (unpaired) electrons. The van der Waals surface area contributed by atoms with Gasteiger partial charge in [0.05, 0.1) is 30.7 Å². The van der Waals surface area contributed by atoms with Gasteiger partial charge in [0.2, 0.25) is 0 Å². The Morgan fingerprint density at radius 1 is 1.00 bits per heavy atom. The van der Waals surface area contributed by atoms with Crippen LogP contribution in [0.5, 0.6) is 0 Å². The zero-order valence-corrected chi connectivity index (χ0v) is 27.5. The molecule has 0 aliphatic carbocycles. The molecular weight excluding hydrogens is 630 g/mol. The first-order valence-corrected chi connectivity index (χ1v) is 15.2. The van der Waals surface area contributed by atoms with Crippen LogP contribution < -0.4 is 16.4 Å². The maximum atomic E-state index is 13.7. The highest BCUT2D eigenvalue weighted by Crippen LogP contribution is 2.37. The third-order valence-electron chi connectivity index (χ3n) is 5.39. The first-order chi connectivity index (χ1) is 22.2. The van der Waals surface area contributed by atoms with E-state index in [4.69, 9.17) is 10.5 Å². The number of fused-ring (bicyclic) bond motifs is 1. The summed E-state index contributed by atoms with van der Waals surface area (Å²) in [5.41, 5.74) is 6.00. The molecule has 1 aromatic carbocycles. The summed E-state index contributed by atoms with van der Waals surface area (Å²) in [6.45, 7) is 12.3. The fraction of sp³-hybridized carbons (Fsp3) is 0.484. The number of hydrogen-bond donors (Lipinski definition) is 3. The van der Waals surface area contributed by atoms with Crippen molar-refractivity contribution in [1.29, 1.82) is 0 Å². The van der Waals surface area contributed by atoms with Gasteiger partial charge < -0.3 is 21.1 Å². The second-order valence-electron chi connectivity index (χ2n) is 9.61. The first kappa shape index (κ1) is 40.8. The lowest BCUT2D eigenvalue weighted by molar-refractivity contribution is -0.141. The van der Waals surface area contributed by atoms with Crippen LogP contribution in [-0.4, -0.2) is 62.5 Å². The lowest BCUT2D eigenvalue weighted by Crippen LogP contribution is -2.27. The van der Waals surface area contributed by atoms with E-state index in [1.165, 1.54) is 34.1 Å². The zero-order chi connectivity index (χ0) is 35.6. The van der Waals surface area contributed by atoms with Crippen LogP contribution >= 0.6 is 0 Å². The van der Waals surface area contributed by atoms with Crippen LogP contribution in [0.15, 0.2) is 49.1 Å². The normalized spacial score (nSPS) is 11.0. The van der Waals surface area contributed by atoms with Crippen molar-refractivity contribution in [3.05, 3.63) is 60.3 Å². The Morgan fingerprint density at radius 2 is 1.62 bits per heavy atom. The zero-order valence-electron chi connectivity index (χ0n) is 27.5. The van der Waals surface area contributed by atoms with E-state index in [1.54, 1.807) is 30.5 Å². The average Bonchev–Trinajstić information content (AvgIpc) is 3.63. The summed E-state index contributed by atoms with van der Waals surface area (Å²) in [7, 11) is 0. The van der Waals surface area contributed by atoms with Gasteiger partial charge in [-0.15, -0.1) is 0 Å². The monoisotopic (exact) mass is 674 g/mol. The number of imidazole rings is 1. The number of ether oxygens (including phenoxy) is 1. The highest BCUT2D eigenvalue weighted by atomic mass is 19.4. The molecular formula is C31H44F6N8O2. The largest absolute Gasteiger partial charge is 0.435 e. The summed E-state index contributed by atoms with van der Waals surface area (Å²) in [6, 6.07) is 6.69. The molecule has 4 N–H and O–H groups in total. The maximum absolute atomic E-state index is 13.7. The molecule has 1 amide bonds. The van der Waals surface area contributed by atoms with Crippen molar-refractivity contribution in [2.75, 3.05) is 31.6 Å². The van der Waals surface area contributed by atoms with Gasteiger partial charge in [0.15, 0.2) is 17.2 Å². The molecule has 0 aliphatic rings. The SMILES string of the molecule is CC.CC(F)(F)F.CCC.CCCn1cc(-c2cnc3c(Nc4ccc(C(=O)NCCOCCN)cc4)nccn23)c(C(F)(F)F)n1. The number of halogens is 6. The Bertz CT molecular complexity index is 1460. The predicted octanol–water partition coefficient (Wildman–Crippen LogP) is 7.48. The number of benzene rings is 1.